The average molecular weight is 474 g/mol. The highest BCUT2D eigenvalue weighted by Gasteiger charge is 2.24. The van der Waals surface area contributed by atoms with Crippen LogP contribution in [-0.4, -0.2) is 11.9 Å². The SMILES string of the molecule is Cc1ccc(C2=N/C(=C\c3ccc(Br)s3)C(=O)O2)cc1I. The van der Waals surface area contributed by atoms with Crippen molar-refractivity contribution in [1.29, 1.82) is 0 Å². The Morgan fingerprint density at radius 1 is 1.33 bits per heavy atom. The van der Waals surface area contributed by atoms with Gasteiger partial charge in [0.15, 0.2) is 5.70 Å². The topological polar surface area (TPSA) is 38.7 Å². The minimum atomic E-state index is -0.412. The Morgan fingerprint density at radius 3 is 2.81 bits per heavy atom. The fourth-order valence-electron chi connectivity index (χ4n) is 1.80. The maximum absolute atomic E-state index is 11.9. The van der Waals surface area contributed by atoms with E-state index in [0.717, 1.165) is 17.8 Å². The maximum atomic E-state index is 11.9. The van der Waals surface area contributed by atoms with E-state index in [1.54, 1.807) is 17.4 Å². The Balaban J connectivity index is 1.95. The molecule has 0 bridgehead atoms. The van der Waals surface area contributed by atoms with Gasteiger partial charge in [0.1, 0.15) is 0 Å². The van der Waals surface area contributed by atoms with Crippen LogP contribution in [0.2, 0.25) is 0 Å². The zero-order valence-corrected chi connectivity index (χ0v) is 15.5. The van der Waals surface area contributed by atoms with Crippen LogP contribution in [0.4, 0.5) is 0 Å². The lowest BCUT2D eigenvalue weighted by molar-refractivity contribution is -0.129. The van der Waals surface area contributed by atoms with Crippen LogP contribution in [0.25, 0.3) is 6.08 Å². The number of rotatable bonds is 2. The summed E-state index contributed by atoms with van der Waals surface area (Å²) in [4.78, 5) is 17.2. The zero-order valence-electron chi connectivity index (χ0n) is 10.9. The van der Waals surface area contributed by atoms with Gasteiger partial charge in [0.25, 0.3) is 0 Å². The summed E-state index contributed by atoms with van der Waals surface area (Å²) in [5, 5.41) is 0. The fraction of sp³-hybridized carbons (Fsp3) is 0.0667. The number of hydrogen-bond acceptors (Lipinski definition) is 4. The van der Waals surface area contributed by atoms with Crippen LogP contribution >= 0.6 is 49.9 Å². The normalized spacial score (nSPS) is 16.2. The molecule has 2 heterocycles. The molecule has 0 saturated heterocycles. The molecule has 0 spiro atoms. The number of carbonyl (C=O) groups is 1. The maximum Gasteiger partial charge on any atom is 0.363 e. The molecule has 0 saturated carbocycles. The van der Waals surface area contributed by atoms with Crippen molar-refractivity contribution in [2.45, 2.75) is 6.92 Å². The molecular weight excluding hydrogens is 465 g/mol. The van der Waals surface area contributed by atoms with E-state index < -0.39 is 5.97 Å². The number of thiophene rings is 1. The molecule has 0 atom stereocenters. The van der Waals surface area contributed by atoms with Gasteiger partial charge in [0, 0.05) is 14.0 Å². The molecule has 106 valence electrons. The van der Waals surface area contributed by atoms with Gasteiger partial charge >= 0.3 is 5.97 Å². The molecule has 21 heavy (non-hydrogen) atoms. The van der Waals surface area contributed by atoms with Crippen LogP contribution in [-0.2, 0) is 9.53 Å². The highest BCUT2D eigenvalue weighted by molar-refractivity contribution is 14.1. The molecule has 1 aliphatic heterocycles. The van der Waals surface area contributed by atoms with Crippen molar-refractivity contribution in [2.24, 2.45) is 4.99 Å². The number of carbonyl (C=O) groups excluding carboxylic acids is 1. The van der Waals surface area contributed by atoms with Crippen LogP contribution in [0.1, 0.15) is 16.0 Å². The lowest BCUT2D eigenvalue weighted by Crippen LogP contribution is -2.05. The third kappa shape index (κ3) is 3.27. The van der Waals surface area contributed by atoms with E-state index in [1.165, 1.54) is 5.56 Å². The molecule has 0 N–H and O–H groups in total. The third-order valence-corrected chi connectivity index (χ3v) is 5.65. The molecule has 1 aromatic carbocycles. The van der Waals surface area contributed by atoms with Gasteiger partial charge in [-0.2, -0.15) is 0 Å². The van der Waals surface area contributed by atoms with E-state index in [4.69, 9.17) is 4.74 Å². The Bertz CT molecular complexity index is 795. The number of ether oxygens (including phenoxy) is 1. The predicted molar refractivity (Wildman–Crippen MR) is 96.5 cm³/mol. The average Bonchev–Trinajstić information content (AvgIpc) is 3.00. The number of nitrogens with zero attached hydrogens (tertiary/aromatic N) is 1. The van der Waals surface area contributed by atoms with Gasteiger partial charge in [-0.05, 0) is 81.3 Å². The summed E-state index contributed by atoms with van der Waals surface area (Å²) < 4.78 is 7.39. The van der Waals surface area contributed by atoms with Crippen molar-refractivity contribution < 1.29 is 9.53 Å². The van der Waals surface area contributed by atoms with E-state index in [-0.39, 0.29) is 0 Å². The summed E-state index contributed by atoms with van der Waals surface area (Å²) in [6, 6.07) is 9.73. The number of hydrogen-bond donors (Lipinski definition) is 0. The van der Waals surface area contributed by atoms with Crippen LogP contribution in [0.5, 0.6) is 0 Å². The molecule has 0 aliphatic carbocycles. The van der Waals surface area contributed by atoms with Crippen molar-refractivity contribution in [3.63, 3.8) is 0 Å². The number of esters is 1. The van der Waals surface area contributed by atoms with Crippen molar-refractivity contribution >= 4 is 67.8 Å². The van der Waals surface area contributed by atoms with E-state index in [0.29, 0.717) is 11.6 Å². The lowest BCUT2D eigenvalue weighted by Gasteiger charge is -2.02. The first-order valence-corrected chi connectivity index (χ1v) is 8.76. The minimum absolute atomic E-state index is 0.329. The summed E-state index contributed by atoms with van der Waals surface area (Å²) in [5.41, 5.74) is 2.33. The highest BCUT2D eigenvalue weighted by atomic mass is 127. The molecule has 3 rings (SSSR count). The van der Waals surface area contributed by atoms with Crippen LogP contribution in [0, 0.1) is 10.5 Å². The molecule has 0 fully saturated rings. The second-order valence-electron chi connectivity index (χ2n) is 4.44. The van der Waals surface area contributed by atoms with Gasteiger partial charge in [0.05, 0.1) is 3.79 Å². The Kier molecular flexibility index (Phi) is 4.28. The minimum Gasteiger partial charge on any atom is -0.402 e. The number of halogens is 2. The molecule has 6 heteroatoms. The van der Waals surface area contributed by atoms with Crippen LogP contribution in [0.15, 0.2) is 44.8 Å². The van der Waals surface area contributed by atoms with Crippen molar-refractivity contribution in [1.82, 2.24) is 0 Å². The van der Waals surface area contributed by atoms with Gasteiger partial charge in [-0.15, -0.1) is 11.3 Å². The number of cyclic esters (lactones) is 1. The van der Waals surface area contributed by atoms with Gasteiger partial charge in [-0.3, -0.25) is 0 Å². The quantitative estimate of drug-likeness (QED) is 0.358. The summed E-state index contributed by atoms with van der Waals surface area (Å²) >= 11 is 7.19. The smallest absolute Gasteiger partial charge is 0.363 e. The standard InChI is InChI=1S/C15H9BrINO2S/c1-8-2-3-9(6-11(8)17)14-18-12(15(19)20-14)7-10-4-5-13(16)21-10/h2-7H,1H3/b12-7-. The molecule has 3 nitrogen and oxygen atoms in total. The molecule has 0 radical (unpaired) electrons. The van der Waals surface area contributed by atoms with Crippen LogP contribution < -0.4 is 0 Å². The number of aryl methyl sites for hydroxylation is 1. The molecular formula is C15H9BrINO2S. The summed E-state index contributed by atoms with van der Waals surface area (Å²) in [6.07, 6.45) is 1.74. The molecule has 0 amide bonds. The Labute approximate surface area is 148 Å². The first-order valence-electron chi connectivity index (χ1n) is 6.07. The van der Waals surface area contributed by atoms with Crippen molar-refractivity contribution in [3.05, 3.63) is 59.4 Å². The van der Waals surface area contributed by atoms with E-state index in [9.17, 15) is 4.79 Å². The van der Waals surface area contributed by atoms with E-state index in [1.807, 2.05) is 37.3 Å². The number of aliphatic imine (C=N–C) groups is 1. The van der Waals surface area contributed by atoms with Gasteiger partial charge in [0.2, 0.25) is 5.90 Å². The first-order chi connectivity index (χ1) is 10.0. The number of benzene rings is 1. The Hall–Kier alpha value is -0.990. The zero-order chi connectivity index (χ0) is 15.0. The molecule has 0 unspecified atom stereocenters. The monoisotopic (exact) mass is 473 g/mol. The van der Waals surface area contributed by atoms with Crippen molar-refractivity contribution in [3.8, 4) is 0 Å². The van der Waals surface area contributed by atoms with Crippen LogP contribution in [0.3, 0.4) is 0 Å². The largest absolute Gasteiger partial charge is 0.402 e. The molecule has 1 aliphatic rings. The molecule has 2 aromatic rings. The van der Waals surface area contributed by atoms with E-state index >= 15 is 0 Å². The lowest BCUT2D eigenvalue weighted by atomic mass is 10.1. The third-order valence-electron chi connectivity index (χ3n) is 2.91. The Morgan fingerprint density at radius 2 is 2.14 bits per heavy atom. The predicted octanol–water partition coefficient (Wildman–Crippen LogP) is 4.77. The summed E-state index contributed by atoms with van der Waals surface area (Å²) in [5.74, 6) is -0.0510. The summed E-state index contributed by atoms with van der Waals surface area (Å²) in [6.45, 7) is 2.04. The second-order valence-corrected chi connectivity index (χ2v) is 8.10. The fourth-order valence-corrected chi connectivity index (χ4v) is 3.68. The first kappa shape index (κ1) is 14.9. The van der Waals surface area contributed by atoms with Gasteiger partial charge in [-0.25, -0.2) is 9.79 Å². The summed E-state index contributed by atoms with van der Waals surface area (Å²) in [7, 11) is 0. The highest BCUT2D eigenvalue weighted by Crippen LogP contribution is 2.26. The second kappa shape index (κ2) is 6.02. The van der Waals surface area contributed by atoms with E-state index in [2.05, 4.69) is 43.5 Å². The molecule has 1 aromatic heterocycles. The van der Waals surface area contributed by atoms with Gasteiger partial charge in [-0.1, -0.05) is 6.07 Å². The van der Waals surface area contributed by atoms with Gasteiger partial charge < -0.3 is 4.74 Å². The van der Waals surface area contributed by atoms with Crippen molar-refractivity contribution in [2.75, 3.05) is 0 Å².